The number of hydrogen-bond acceptors (Lipinski definition) is 5. The van der Waals surface area contributed by atoms with Crippen LogP contribution in [0.4, 0.5) is 0 Å². The zero-order valence-corrected chi connectivity index (χ0v) is 12.5. The zero-order valence-electron chi connectivity index (χ0n) is 12.5. The molecule has 1 aromatic rings. The number of fused-ring (bicyclic) bond motifs is 1. The summed E-state index contributed by atoms with van der Waals surface area (Å²) in [4.78, 5) is 26.2. The Hall–Kier alpha value is -2.24. The fourth-order valence-electron chi connectivity index (χ4n) is 2.90. The number of carbonyl (C=O) groups is 2. The molecule has 1 aromatic carbocycles. The SMILES string of the molecule is COC(=O)C1CCCCN1C(=O)c1ccc2c(c1)OCCO2. The number of methoxy groups -OCH3 is 1. The Morgan fingerprint density at radius 1 is 1.18 bits per heavy atom. The lowest BCUT2D eigenvalue weighted by molar-refractivity contribution is -0.147. The number of likely N-dealkylation sites (tertiary alicyclic amines) is 1. The second-order valence-corrected chi connectivity index (χ2v) is 5.39. The lowest BCUT2D eigenvalue weighted by Gasteiger charge is -2.34. The van der Waals surface area contributed by atoms with E-state index in [0.717, 1.165) is 12.8 Å². The number of nitrogens with zero attached hydrogens (tertiary/aromatic N) is 1. The summed E-state index contributed by atoms with van der Waals surface area (Å²) >= 11 is 0. The molecule has 118 valence electrons. The number of esters is 1. The van der Waals surface area contributed by atoms with E-state index in [0.29, 0.717) is 43.2 Å². The zero-order chi connectivity index (χ0) is 15.5. The van der Waals surface area contributed by atoms with Crippen LogP contribution in [0.2, 0.25) is 0 Å². The minimum Gasteiger partial charge on any atom is -0.486 e. The summed E-state index contributed by atoms with van der Waals surface area (Å²) in [5, 5.41) is 0. The van der Waals surface area contributed by atoms with Crippen molar-refractivity contribution in [3.63, 3.8) is 0 Å². The molecule has 0 N–H and O–H groups in total. The van der Waals surface area contributed by atoms with Crippen molar-refractivity contribution in [3.8, 4) is 11.5 Å². The summed E-state index contributed by atoms with van der Waals surface area (Å²) in [5.41, 5.74) is 0.500. The normalized spacial score (nSPS) is 20.4. The maximum absolute atomic E-state index is 12.7. The maximum atomic E-state index is 12.7. The third-order valence-electron chi connectivity index (χ3n) is 4.03. The van der Waals surface area contributed by atoms with Gasteiger partial charge in [-0.05, 0) is 37.5 Å². The second-order valence-electron chi connectivity index (χ2n) is 5.39. The summed E-state index contributed by atoms with van der Waals surface area (Å²) in [5.74, 6) is 0.687. The monoisotopic (exact) mass is 305 g/mol. The highest BCUT2D eigenvalue weighted by Crippen LogP contribution is 2.32. The van der Waals surface area contributed by atoms with Gasteiger partial charge in [0.15, 0.2) is 11.5 Å². The van der Waals surface area contributed by atoms with E-state index in [1.54, 1.807) is 23.1 Å². The molecule has 0 radical (unpaired) electrons. The number of amides is 1. The third-order valence-corrected chi connectivity index (χ3v) is 4.03. The Morgan fingerprint density at radius 2 is 1.95 bits per heavy atom. The van der Waals surface area contributed by atoms with Crippen molar-refractivity contribution in [2.24, 2.45) is 0 Å². The highest BCUT2D eigenvalue weighted by Gasteiger charge is 2.33. The number of hydrogen-bond donors (Lipinski definition) is 0. The average Bonchev–Trinajstić information content (AvgIpc) is 2.60. The smallest absolute Gasteiger partial charge is 0.328 e. The van der Waals surface area contributed by atoms with Crippen LogP contribution in [0.5, 0.6) is 11.5 Å². The summed E-state index contributed by atoms with van der Waals surface area (Å²) in [6.45, 7) is 1.54. The highest BCUT2D eigenvalue weighted by atomic mass is 16.6. The van der Waals surface area contributed by atoms with Crippen molar-refractivity contribution in [1.82, 2.24) is 4.90 Å². The van der Waals surface area contributed by atoms with Gasteiger partial charge in [-0.3, -0.25) is 4.79 Å². The second kappa shape index (κ2) is 6.25. The van der Waals surface area contributed by atoms with Gasteiger partial charge in [-0.2, -0.15) is 0 Å². The Labute approximate surface area is 128 Å². The van der Waals surface area contributed by atoms with E-state index in [9.17, 15) is 9.59 Å². The number of carbonyl (C=O) groups excluding carboxylic acids is 2. The fraction of sp³-hybridized carbons (Fsp3) is 0.500. The van der Waals surface area contributed by atoms with Gasteiger partial charge < -0.3 is 19.1 Å². The molecule has 1 unspecified atom stereocenters. The number of piperidine rings is 1. The Morgan fingerprint density at radius 3 is 2.73 bits per heavy atom. The van der Waals surface area contributed by atoms with Gasteiger partial charge in [-0.1, -0.05) is 0 Å². The van der Waals surface area contributed by atoms with Crippen LogP contribution < -0.4 is 9.47 Å². The number of ether oxygens (including phenoxy) is 3. The van der Waals surface area contributed by atoms with Gasteiger partial charge in [0.2, 0.25) is 0 Å². The molecular formula is C16H19NO5. The standard InChI is InChI=1S/C16H19NO5/c1-20-16(19)12-4-2-3-7-17(12)15(18)11-5-6-13-14(10-11)22-9-8-21-13/h5-6,10,12H,2-4,7-9H2,1H3. The molecule has 6 heteroatoms. The van der Waals surface area contributed by atoms with Crippen LogP contribution in [0.15, 0.2) is 18.2 Å². The molecule has 0 bridgehead atoms. The van der Waals surface area contributed by atoms with E-state index in [1.165, 1.54) is 7.11 Å². The molecule has 6 nitrogen and oxygen atoms in total. The van der Waals surface area contributed by atoms with Crippen LogP contribution >= 0.6 is 0 Å². The van der Waals surface area contributed by atoms with Gasteiger partial charge in [0.05, 0.1) is 7.11 Å². The van der Waals surface area contributed by atoms with Gasteiger partial charge in [0.1, 0.15) is 19.3 Å². The van der Waals surface area contributed by atoms with E-state index in [2.05, 4.69) is 0 Å². The number of rotatable bonds is 2. The van der Waals surface area contributed by atoms with Crippen molar-refractivity contribution < 1.29 is 23.8 Å². The summed E-state index contributed by atoms with van der Waals surface area (Å²) in [6.07, 6.45) is 2.46. The van der Waals surface area contributed by atoms with Crippen molar-refractivity contribution in [2.45, 2.75) is 25.3 Å². The first-order chi connectivity index (χ1) is 10.7. The lowest BCUT2D eigenvalue weighted by atomic mass is 10.0. The topological polar surface area (TPSA) is 65.1 Å². The Bertz CT molecular complexity index is 586. The van der Waals surface area contributed by atoms with Gasteiger partial charge in [-0.15, -0.1) is 0 Å². The molecular weight excluding hydrogens is 286 g/mol. The van der Waals surface area contributed by atoms with Crippen LogP contribution in [-0.2, 0) is 9.53 Å². The minimum atomic E-state index is -0.501. The van der Waals surface area contributed by atoms with Crippen molar-refractivity contribution >= 4 is 11.9 Å². The number of benzene rings is 1. The van der Waals surface area contributed by atoms with Gasteiger partial charge in [-0.25, -0.2) is 4.79 Å². The van der Waals surface area contributed by atoms with Crippen LogP contribution in [0, 0.1) is 0 Å². The van der Waals surface area contributed by atoms with Gasteiger partial charge >= 0.3 is 5.97 Å². The summed E-state index contributed by atoms with van der Waals surface area (Å²) in [6, 6.07) is 4.62. The fourth-order valence-corrected chi connectivity index (χ4v) is 2.90. The molecule has 0 saturated carbocycles. The van der Waals surface area contributed by atoms with Crippen molar-refractivity contribution in [1.29, 1.82) is 0 Å². The van der Waals surface area contributed by atoms with E-state index < -0.39 is 6.04 Å². The molecule has 2 aliphatic heterocycles. The highest BCUT2D eigenvalue weighted by molar-refractivity contribution is 5.97. The first-order valence-corrected chi connectivity index (χ1v) is 7.49. The average molecular weight is 305 g/mol. The molecule has 3 rings (SSSR count). The Kier molecular flexibility index (Phi) is 4.18. The molecule has 0 aliphatic carbocycles. The molecule has 1 atom stereocenters. The van der Waals surface area contributed by atoms with Crippen LogP contribution in [-0.4, -0.2) is 49.7 Å². The lowest BCUT2D eigenvalue weighted by Crippen LogP contribution is -2.48. The molecule has 2 heterocycles. The maximum Gasteiger partial charge on any atom is 0.328 e. The summed E-state index contributed by atoms with van der Waals surface area (Å²) < 4.78 is 15.8. The summed E-state index contributed by atoms with van der Waals surface area (Å²) in [7, 11) is 1.35. The molecule has 1 fully saturated rings. The van der Waals surface area contributed by atoms with Gasteiger partial charge in [0.25, 0.3) is 5.91 Å². The molecule has 2 aliphatic rings. The van der Waals surface area contributed by atoms with Crippen molar-refractivity contribution in [2.75, 3.05) is 26.9 Å². The first kappa shape index (κ1) is 14.7. The Balaban J connectivity index is 1.84. The van der Waals surface area contributed by atoms with Crippen LogP contribution in [0.1, 0.15) is 29.6 Å². The first-order valence-electron chi connectivity index (χ1n) is 7.49. The predicted molar refractivity (Wildman–Crippen MR) is 78.1 cm³/mol. The van der Waals surface area contributed by atoms with E-state index in [1.807, 2.05) is 0 Å². The largest absolute Gasteiger partial charge is 0.486 e. The molecule has 0 spiro atoms. The van der Waals surface area contributed by atoms with Crippen LogP contribution in [0.3, 0.4) is 0 Å². The molecule has 1 amide bonds. The van der Waals surface area contributed by atoms with E-state index >= 15 is 0 Å². The predicted octanol–water partition coefficient (Wildman–Crippen LogP) is 1.63. The minimum absolute atomic E-state index is 0.174. The molecule has 22 heavy (non-hydrogen) atoms. The van der Waals surface area contributed by atoms with E-state index in [-0.39, 0.29) is 11.9 Å². The third kappa shape index (κ3) is 2.73. The molecule has 0 aromatic heterocycles. The molecule has 1 saturated heterocycles. The van der Waals surface area contributed by atoms with Crippen molar-refractivity contribution in [3.05, 3.63) is 23.8 Å². The van der Waals surface area contributed by atoms with Gasteiger partial charge in [0, 0.05) is 12.1 Å². The van der Waals surface area contributed by atoms with E-state index in [4.69, 9.17) is 14.2 Å². The van der Waals surface area contributed by atoms with Crippen LogP contribution in [0.25, 0.3) is 0 Å². The quantitative estimate of drug-likeness (QED) is 0.777.